The second-order valence-corrected chi connectivity index (χ2v) is 4.59. The van der Waals surface area contributed by atoms with Crippen molar-refractivity contribution in [2.45, 2.75) is 6.92 Å². The number of hydrogen-bond acceptors (Lipinski definition) is 2. The maximum atomic E-state index is 4.34. The minimum Gasteiger partial charge on any atom is -0.302 e. The summed E-state index contributed by atoms with van der Waals surface area (Å²) in [7, 11) is 0. The molecule has 12 heavy (non-hydrogen) atoms. The van der Waals surface area contributed by atoms with E-state index < -0.39 is 0 Å². The molecule has 2 heterocycles. The number of hydrogen-bond donors (Lipinski definition) is 0. The minimum atomic E-state index is 0.938. The third-order valence-electron chi connectivity index (χ3n) is 1.49. The maximum Gasteiger partial charge on any atom is 0.169 e. The molecular weight excluding hydrogens is 380 g/mol. The number of nitrogens with zero attached hydrogens (tertiary/aromatic N) is 3. The summed E-state index contributed by atoms with van der Waals surface area (Å²) in [4.78, 5) is 8.65. The lowest BCUT2D eigenvalue weighted by atomic mass is 10.6. The molecule has 0 aliphatic heterocycles. The van der Waals surface area contributed by atoms with Gasteiger partial charge in [-0.2, -0.15) is 0 Å². The molecular formula is C7H5I2N3. The fraction of sp³-hybridized carbons (Fsp3) is 0.143. The second-order valence-electron chi connectivity index (χ2n) is 2.47. The molecule has 0 aliphatic carbocycles. The number of fused-ring (bicyclic) bond motifs is 1. The Morgan fingerprint density at radius 3 is 2.75 bits per heavy atom. The molecule has 0 unspecified atom stereocenters. The van der Waals surface area contributed by atoms with Gasteiger partial charge in [0.2, 0.25) is 0 Å². The molecule has 0 N–H and O–H groups in total. The van der Waals surface area contributed by atoms with Crippen LogP contribution < -0.4 is 0 Å². The van der Waals surface area contributed by atoms with Crippen molar-refractivity contribution in [3.05, 3.63) is 25.5 Å². The van der Waals surface area contributed by atoms with Crippen LogP contribution in [0.4, 0.5) is 0 Å². The van der Waals surface area contributed by atoms with Gasteiger partial charge in [0.05, 0.1) is 5.69 Å². The van der Waals surface area contributed by atoms with E-state index in [4.69, 9.17) is 0 Å². The standard InChI is InChI=1S/C7H5I2N3/c1-4-2-12-3-5(8)11-6(9)7(12)10-4/h2-3H,1H3. The number of aromatic nitrogens is 3. The average molecular weight is 385 g/mol. The highest BCUT2D eigenvalue weighted by Gasteiger charge is 2.03. The van der Waals surface area contributed by atoms with E-state index in [9.17, 15) is 0 Å². The van der Waals surface area contributed by atoms with E-state index in [2.05, 4.69) is 55.1 Å². The van der Waals surface area contributed by atoms with Crippen molar-refractivity contribution in [2.75, 3.05) is 0 Å². The summed E-state index contributed by atoms with van der Waals surface area (Å²) in [6.45, 7) is 1.98. The number of halogens is 2. The first-order valence-electron chi connectivity index (χ1n) is 3.34. The topological polar surface area (TPSA) is 30.2 Å². The molecule has 0 aliphatic rings. The zero-order valence-corrected chi connectivity index (χ0v) is 10.6. The summed E-state index contributed by atoms with van der Waals surface area (Å²) in [6, 6.07) is 0. The Morgan fingerprint density at radius 2 is 2.00 bits per heavy atom. The highest BCUT2D eigenvalue weighted by atomic mass is 127. The Bertz CT molecular complexity index is 435. The minimum absolute atomic E-state index is 0.938. The van der Waals surface area contributed by atoms with Crippen molar-refractivity contribution in [2.24, 2.45) is 0 Å². The van der Waals surface area contributed by atoms with Crippen LogP contribution in [0.15, 0.2) is 12.4 Å². The first kappa shape index (κ1) is 8.67. The zero-order chi connectivity index (χ0) is 8.72. The van der Waals surface area contributed by atoms with Crippen LogP contribution in [-0.4, -0.2) is 14.4 Å². The molecule has 0 fully saturated rings. The van der Waals surface area contributed by atoms with Gasteiger partial charge in [-0.05, 0) is 52.1 Å². The van der Waals surface area contributed by atoms with Gasteiger partial charge in [0, 0.05) is 12.4 Å². The Balaban J connectivity index is 2.88. The van der Waals surface area contributed by atoms with Gasteiger partial charge >= 0.3 is 0 Å². The first-order chi connectivity index (χ1) is 5.66. The first-order valence-corrected chi connectivity index (χ1v) is 5.50. The van der Waals surface area contributed by atoms with Gasteiger partial charge in [0.15, 0.2) is 5.65 Å². The van der Waals surface area contributed by atoms with Crippen LogP contribution in [0.3, 0.4) is 0 Å². The number of rotatable bonds is 0. The Labute approximate surface area is 96.9 Å². The van der Waals surface area contributed by atoms with Crippen molar-refractivity contribution < 1.29 is 0 Å². The van der Waals surface area contributed by atoms with E-state index in [1.54, 1.807) is 0 Å². The van der Waals surface area contributed by atoms with Crippen molar-refractivity contribution in [1.82, 2.24) is 14.4 Å². The summed E-state index contributed by atoms with van der Waals surface area (Å²) in [5, 5.41) is 0. The van der Waals surface area contributed by atoms with Gasteiger partial charge in [-0.25, -0.2) is 9.97 Å². The van der Waals surface area contributed by atoms with Crippen LogP contribution in [0.1, 0.15) is 5.69 Å². The van der Waals surface area contributed by atoms with E-state index in [0.717, 1.165) is 18.7 Å². The lowest BCUT2D eigenvalue weighted by Gasteiger charge is -1.95. The smallest absolute Gasteiger partial charge is 0.169 e. The summed E-state index contributed by atoms with van der Waals surface area (Å²) >= 11 is 4.40. The average Bonchev–Trinajstić information content (AvgIpc) is 2.29. The molecule has 0 saturated heterocycles. The van der Waals surface area contributed by atoms with Gasteiger partial charge in [0.1, 0.15) is 7.40 Å². The Hall–Kier alpha value is 0.0800. The molecule has 0 atom stereocenters. The van der Waals surface area contributed by atoms with Crippen LogP contribution in [0, 0.1) is 14.3 Å². The molecule has 0 bridgehead atoms. The van der Waals surface area contributed by atoms with Crippen molar-refractivity contribution in [3.63, 3.8) is 0 Å². The Morgan fingerprint density at radius 1 is 1.25 bits per heavy atom. The summed E-state index contributed by atoms with van der Waals surface area (Å²) < 4.78 is 3.95. The van der Waals surface area contributed by atoms with Crippen LogP contribution >= 0.6 is 45.2 Å². The largest absolute Gasteiger partial charge is 0.302 e. The lowest BCUT2D eigenvalue weighted by Crippen LogP contribution is -1.93. The molecule has 3 nitrogen and oxygen atoms in total. The lowest BCUT2D eigenvalue weighted by molar-refractivity contribution is 1.07. The molecule has 0 saturated carbocycles. The van der Waals surface area contributed by atoms with E-state index in [1.165, 1.54) is 0 Å². The van der Waals surface area contributed by atoms with Crippen LogP contribution in [0.25, 0.3) is 5.65 Å². The molecule has 2 rings (SSSR count). The summed E-state index contributed by atoms with van der Waals surface area (Å²) in [5.74, 6) is 0. The van der Waals surface area contributed by atoms with Gasteiger partial charge in [-0.15, -0.1) is 0 Å². The molecule has 2 aromatic heterocycles. The van der Waals surface area contributed by atoms with Gasteiger partial charge in [0.25, 0.3) is 0 Å². The van der Waals surface area contributed by atoms with Crippen molar-refractivity contribution >= 4 is 50.8 Å². The van der Waals surface area contributed by atoms with Crippen molar-refractivity contribution in [1.29, 1.82) is 0 Å². The molecule has 0 aromatic carbocycles. The zero-order valence-electron chi connectivity index (χ0n) is 6.25. The van der Waals surface area contributed by atoms with Crippen LogP contribution in [-0.2, 0) is 0 Å². The van der Waals surface area contributed by atoms with E-state index >= 15 is 0 Å². The fourth-order valence-electron chi connectivity index (χ4n) is 1.05. The number of aryl methyl sites for hydroxylation is 1. The highest BCUT2D eigenvalue weighted by Crippen LogP contribution is 2.13. The normalized spacial score (nSPS) is 10.9. The monoisotopic (exact) mass is 385 g/mol. The summed E-state index contributed by atoms with van der Waals surface area (Å²) in [5.41, 5.74) is 1.96. The van der Waals surface area contributed by atoms with Crippen LogP contribution in [0.5, 0.6) is 0 Å². The quantitative estimate of drug-likeness (QED) is 0.652. The second kappa shape index (κ2) is 3.09. The van der Waals surface area contributed by atoms with Gasteiger partial charge in [-0.1, -0.05) is 0 Å². The molecule has 0 radical (unpaired) electrons. The highest BCUT2D eigenvalue weighted by molar-refractivity contribution is 14.1. The molecule has 2 aromatic rings. The van der Waals surface area contributed by atoms with E-state index in [-0.39, 0.29) is 0 Å². The van der Waals surface area contributed by atoms with Gasteiger partial charge < -0.3 is 4.40 Å². The molecule has 0 spiro atoms. The predicted octanol–water partition coefficient (Wildman–Crippen LogP) is 2.25. The third-order valence-corrected chi connectivity index (χ3v) is 2.73. The third kappa shape index (κ3) is 1.43. The summed E-state index contributed by atoms with van der Waals surface area (Å²) in [6.07, 6.45) is 3.97. The van der Waals surface area contributed by atoms with Crippen LogP contribution in [0.2, 0.25) is 0 Å². The number of imidazole rings is 1. The van der Waals surface area contributed by atoms with E-state index in [0.29, 0.717) is 0 Å². The predicted molar refractivity (Wildman–Crippen MR) is 63.2 cm³/mol. The SMILES string of the molecule is Cc1cn2cc(I)nc(I)c2n1. The maximum absolute atomic E-state index is 4.34. The molecule has 62 valence electrons. The molecule has 5 heteroatoms. The van der Waals surface area contributed by atoms with Crippen molar-refractivity contribution in [3.8, 4) is 0 Å². The fourth-order valence-corrected chi connectivity index (χ4v) is 2.72. The van der Waals surface area contributed by atoms with Gasteiger partial charge in [-0.3, -0.25) is 0 Å². The Kier molecular flexibility index (Phi) is 2.23. The van der Waals surface area contributed by atoms with E-state index in [1.807, 2.05) is 23.7 Å². The molecule has 0 amide bonds.